The molecule has 0 amide bonds. The van der Waals surface area contributed by atoms with Crippen molar-refractivity contribution in [3.05, 3.63) is 29.8 Å². The van der Waals surface area contributed by atoms with Gasteiger partial charge in [-0.3, -0.25) is 9.08 Å². The van der Waals surface area contributed by atoms with Crippen LogP contribution < -0.4 is 5.32 Å². The number of hydrogen-bond acceptors (Lipinski definition) is 9. The van der Waals surface area contributed by atoms with Gasteiger partial charge in [-0.15, -0.1) is 0 Å². The summed E-state index contributed by atoms with van der Waals surface area (Å²) >= 11 is 0. The lowest BCUT2D eigenvalue weighted by atomic mass is 9.98. The number of aryl methyl sites for hydroxylation is 1. The summed E-state index contributed by atoms with van der Waals surface area (Å²) in [5.74, 6) is 0. The van der Waals surface area contributed by atoms with Crippen LogP contribution in [0.15, 0.2) is 29.2 Å². The molecule has 10 heteroatoms. The van der Waals surface area contributed by atoms with Crippen molar-refractivity contribution in [1.29, 1.82) is 0 Å². The first-order valence-corrected chi connectivity index (χ1v) is 11.8. The third-order valence-corrected chi connectivity index (χ3v) is 7.11. The van der Waals surface area contributed by atoms with E-state index in [-0.39, 0.29) is 17.6 Å². The number of fused-ring (bicyclic) bond motifs is 2. The number of aliphatic hydroxyl groups excluding tert-OH is 1. The predicted octanol–water partition coefficient (Wildman–Crippen LogP) is -0.135. The van der Waals surface area contributed by atoms with Crippen LogP contribution >= 0.6 is 0 Å². The van der Waals surface area contributed by atoms with Crippen molar-refractivity contribution in [2.75, 3.05) is 46.0 Å². The Balaban J connectivity index is 1.35. The highest BCUT2D eigenvalue weighted by molar-refractivity contribution is 7.86. The van der Waals surface area contributed by atoms with Crippen LogP contribution in [-0.2, 0) is 28.5 Å². The molecule has 1 aromatic carbocycles. The maximum Gasteiger partial charge on any atom is 0.297 e. The fourth-order valence-corrected chi connectivity index (χ4v) is 5.12. The van der Waals surface area contributed by atoms with Crippen LogP contribution in [0.3, 0.4) is 0 Å². The molecule has 4 rings (SSSR count). The van der Waals surface area contributed by atoms with E-state index in [1.54, 1.807) is 12.1 Å². The molecule has 0 spiro atoms. The Bertz CT molecular complexity index is 798. The second kappa shape index (κ2) is 9.58. The maximum absolute atomic E-state index is 12.7. The molecular formula is C20H30N2O7S. The van der Waals surface area contributed by atoms with Crippen molar-refractivity contribution >= 4 is 10.1 Å². The molecule has 0 radical (unpaired) electrons. The normalized spacial score (nSPS) is 32.4. The Labute approximate surface area is 177 Å². The molecule has 168 valence electrons. The number of benzene rings is 1. The SMILES string of the molecule is Cc1ccc(S(=O)(=O)OC2C(O)[C@H](NCCCN3CCOCC3)C3CO[C@@H]2O3)cc1. The Kier molecular flexibility index (Phi) is 7.05. The van der Waals surface area contributed by atoms with Gasteiger partial charge in [0, 0.05) is 13.1 Å². The van der Waals surface area contributed by atoms with Crippen molar-refractivity contribution in [3.63, 3.8) is 0 Å². The Hall–Kier alpha value is -1.11. The molecular weight excluding hydrogens is 412 g/mol. The standard InChI is InChI=1S/C20H30N2O7S/c1-14-3-5-15(6-4-14)30(24,25)29-19-18(23)17(16-13-27-20(19)28-16)21-7-2-8-22-9-11-26-12-10-22/h3-6,16-21,23H,2,7-13H2,1H3/t16?,17-,18?,19?,20-/m1/s1. The molecule has 3 unspecified atom stereocenters. The molecule has 3 saturated heterocycles. The molecule has 0 saturated carbocycles. The van der Waals surface area contributed by atoms with Crippen LogP contribution in [0, 0.1) is 6.92 Å². The molecule has 5 atom stereocenters. The van der Waals surface area contributed by atoms with Crippen LogP contribution in [0.1, 0.15) is 12.0 Å². The Morgan fingerprint density at radius 3 is 2.70 bits per heavy atom. The zero-order chi connectivity index (χ0) is 21.1. The van der Waals surface area contributed by atoms with Gasteiger partial charge < -0.3 is 24.6 Å². The highest BCUT2D eigenvalue weighted by Crippen LogP contribution is 2.32. The van der Waals surface area contributed by atoms with Gasteiger partial charge in [0.25, 0.3) is 10.1 Å². The largest absolute Gasteiger partial charge is 0.388 e. The van der Waals surface area contributed by atoms with Crippen LogP contribution in [0.25, 0.3) is 0 Å². The number of aliphatic hydroxyl groups is 1. The zero-order valence-electron chi connectivity index (χ0n) is 17.1. The lowest BCUT2D eigenvalue weighted by Gasteiger charge is -2.38. The van der Waals surface area contributed by atoms with Gasteiger partial charge in [0.05, 0.1) is 30.8 Å². The third kappa shape index (κ3) is 5.03. The van der Waals surface area contributed by atoms with Gasteiger partial charge in [0.1, 0.15) is 12.2 Å². The average Bonchev–Trinajstić information content (AvgIpc) is 3.18. The van der Waals surface area contributed by atoms with E-state index in [1.165, 1.54) is 12.1 Å². The first-order chi connectivity index (χ1) is 14.4. The summed E-state index contributed by atoms with van der Waals surface area (Å²) in [5.41, 5.74) is 0.943. The van der Waals surface area contributed by atoms with E-state index in [0.717, 1.165) is 44.8 Å². The van der Waals surface area contributed by atoms with E-state index in [9.17, 15) is 13.5 Å². The molecule has 0 aliphatic carbocycles. The molecule has 0 aromatic heterocycles. The van der Waals surface area contributed by atoms with Crippen LogP contribution in [0.2, 0.25) is 0 Å². The van der Waals surface area contributed by atoms with Gasteiger partial charge in [-0.25, -0.2) is 0 Å². The maximum atomic E-state index is 12.7. The molecule has 3 aliphatic rings. The zero-order valence-corrected chi connectivity index (χ0v) is 17.9. The van der Waals surface area contributed by atoms with Crippen molar-refractivity contribution < 1.29 is 31.9 Å². The van der Waals surface area contributed by atoms with Gasteiger partial charge >= 0.3 is 0 Å². The predicted molar refractivity (Wildman–Crippen MR) is 108 cm³/mol. The molecule has 9 nitrogen and oxygen atoms in total. The Morgan fingerprint density at radius 1 is 1.23 bits per heavy atom. The van der Waals surface area contributed by atoms with Gasteiger partial charge in [-0.1, -0.05) is 17.7 Å². The minimum absolute atomic E-state index is 0.0374. The molecule has 2 N–H and O–H groups in total. The quantitative estimate of drug-likeness (QED) is 0.420. The Morgan fingerprint density at radius 2 is 1.97 bits per heavy atom. The van der Waals surface area contributed by atoms with E-state index in [1.807, 2.05) is 6.92 Å². The number of nitrogens with one attached hydrogen (secondary N) is 1. The highest BCUT2D eigenvalue weighted by Gasteiger charge is 2.52. The summed E-state index contributed by atoms with van der Waals surface area (Å²) < 4.78 is 47.5. The van der Waals surface area contributed by atoms with Gasteiger partial charge in [-0.2, -0.15) is 8.42 Å². The van der Waals surface area contributed by atoms with Crippen LogP contribution in [-0.4, -0.2) is 95.1 Å². The van der Waals surface area contributed by atoms with E-state index >= 15 is 0 Å². The first-order valence-electron chi connectivity index (χ1n) is 10.4. The molecule has 3 fully saturated rings. The highest BCUT2D eigenvalue weighted by atomic mass is 32.2. The van der Waals surface area contributed by atoms with Crippen molar-refractivity contribution in [2.24, 2.45) is 0 Å². The summed E-state index contributed by atoms with van der Waals surface area (Å²) in [6.45, 7) is 7.15. The van der Waals surface area contributed by atoms with E-state index in [4.69, 9.17) is 18.4 Å². The van der Waals surface area contributed by atoms with Gasteiger partial charge in [0.2, 0.25) is 0 Å². The average molecular weight is 443 g/mol. The first kappa shape index (κ1) is 22.1. The molecule has 1 aromatic rings. The number of nitrogens with zero attached hydrogens (tertiary/aromatic N) is 1. The second-order valence-corrected chi connectivity index (χ2v) is 9.55. The topological polar surface area (TPSA) is 107 Å². The number of morpholine rings is 1. The van der Waals surface area contributed by atoms with Gasteiger partial charge in [0.15, 0.2) is 12.4 Å². The van der Waals surface area contributed by atoms with E-state index in [2.05, 4.69) is 10.2 Å². The minimum Gasteiger partial charge on any atom is -0.388 e. The van der Waals surface area contributed by atoms with Crippen LogP contribution in [0.4, 0.5) is 0 Å². The fraction of sp³-hybridized carbons (Fsp3) is 0.700. The lowest BCUT2D eigenvalue weighted by Crippen LogP contribution is -2.60. The number of ether oxygens (including phenoxy) is 3. The number of hydrogen-bond donors (Lipinski definition) is 2. The summed E-state index contributed by atoms with van der Waals surface area (Å²) in [5, 5.41) is 14.2. The smallest absolute Gasteiger partial charge is 0.297 e. The van der Waals surface area contributed by atoms with Crippen molar-refractivity contribution in [1.82, 2.24) is 10.2 Å². The molecule has 3 aliphatic heterocycles. The number of rotatable bonds is 8. The summed E-state index contributed by atoms with van der Waals surface area (Å²) in [6, 6.07) is 5.91. The second-order valence-electron chi connectivity index (χ2n) is 7.98. The van der Waals surface area contributed by atoms with E-state index in [0.29, 0.717) is 6.54 Å². The summed E-state index contributed by atoms with van der Waals surface area (Å²) in [6.07, 6.45) is -2.55. The summed E-state index contributed by atoms with van der Waals surface area (Å²) in [7, 11) is -4.06. The molecule has 2 bridgehead atoms. The van der Waals surface area contributed by atoms with Crippen molar-refractivity contribution in [3.8, 4) is 0 Å². The fourth-order valence-electron chi connectivity index (χ4n) is 4.04. The van der Waals surface area contributed by atoms with Crippen LogP contribution in [0.5, 0.6) is 0 Å². The lowest BCUT2D eigenvalue weighted by molar-refractivity contribution is -0.192. The minimum atomic E-state index is -4.06. The monoisotopic (exact) mass is 442 g/mol. The van der Waals surface area contributed by atoms with Crippen molar-refractivity contribution in [2.45, 2.75) is 48.9 Å². The third-order valence-electron chi connectivity index (χ3n) is 5.79. The van der Waals surface area contributed by atoms with Gasteiger partial charge in [-0.05, 0) is 38.6 Å². The summed E-state index contributed by atoms with van der Waals surface area (Å²) in [4.78, 5) is 2.38. The molecule has 30 heavy (non-hydrogen) atoms. The van der Waals surface area contributed by atoms with E-state index < -0.39 is 34.7 Å². The molecule has 3 heterocycles.